The van der Waals surface area contributed by atoms with Gasteiger partial charge in [-0.15, -0.1) is 0 Å². The molecular weight excluding hydrogens is 312 g/mol. The lowest BCUT2D eigenvalue weighted by Gasteiger charge is -2.45. The second-order valence-electron chi connectivity index (χ2n) is 5.71. The van der Waals surface area contributed by atoms with Gasteiger partial charge in [0.1, 0.15) is 0 Å². The fourth-order valence-corrected chi connectivity index (χ4v) is 3.26. The third kappa shape index (κ3) is 1.58. The summed E-state index contributed by atoms with van der Waals surface area (Å²) in [6.07, 6.45) is 1.65. The van der Waals surface area contributed by atoms with Crippen LogP contribution in [0.1, 0.15) is 5.56 Å². The van der Waals surface area contributed by atoms with E-state index >= 15 is 0 Å². The maximum atomic E-state index is 13.1. The molecular formula is C15H14N6O3. The van der Waals surface area contributed by atoms with Gasteiger partial charge in [0.05, 0.1) is 0 Å². The predicted octanol–water partition coefficient (Wildman–Crippen LogP) is 0.513. The monoisotopic (exact) mass is 326 g/mol. The Hall–Kier alpha value is -3.36. The molecule has 0 aliphatic carbocycles. The van der Waals surface area contributed by atoms with Gasteiger partial charge in [-0.2, -0.15) is 5.10 Å². The minimum Gasteiger partial charge on any atom is -0.361 e. The van der Waals surface area contributed by atoms with Gasteiger partial charge in [-0.05, 0) is 6.07 Å². The quantitative estimate of drug-likeness (QED) is 0.710. The summed E-state index contributed by atoms with van der Waals surface area (Å²) < 4.78 is 0. The number of aromatic amines is 1. The molecule has 1 saturated heterocycles. The molecule has 5 amide bonds. The van der Waals surface area contributed by atoms with E-state index in [1.807, 2.05) is 24.3 Å². The van der Waals surface area contributed by atoms with Crippen molar-refractivity contribution in [1.29, 1.82) is 0 Å². The van der Waals surface area contributed by atoms with Crippen molar-refractivity contribution >= 4 is 34.7 Å². The van der Waals surface area contributed by atoms with Crippen LogP contribution >= 0.6 is 0 Å². The predicted molar refractivity (Wildman–Crippen MR) is 85.0 cm³/mol. The molecule has 1 fully saturated rings. The highest BCUT2D eigenvalue weighted by Gasteiger charge is 2.58. The Morgan fingerprint density at radius 1 is 1.08 bits per heavy atom. The van der Waals surface area contributed by atoms with Gasteiger partial charge in [-0.1, -0.05) is 18.2 Å². The number of para-hydroxylation sites is 1. The van der Waals surface area contributed by atoms with Crippen molar-refractivity contribution < 1.29 is 14.4 Å². The first kappa shape index (κ1) is 14.2. The van der Waals surface area contributed by atoms with E-state index in [1.54, 1.807) is 6.20 Å². The van der Waals surface area contributed by atoms with E-state index in [4.69, 9.17) is 0 Å². The maximum absolute atomic E-state index is 13.1. The lowest BCUT2D eigenvalue weighted by molar-refractivity contribution is -0.133. The second-order valence-corrected chi connectivity index (χ2v) is 5.71. The van der Waals surface area contributed by atoms with E-state index in [0.717, 1.165) is 15.8 Å². The van der Waals surface area contributed by atoms with E-state index < -0.39 is 23.5 Å². The smallest absolute Gasteiger partial charge is 0.336 e. The Morgan fingerprint density at radius 3 is 2.62 bits per heavy atom. The molecule has 0 radical (unpaired) electrons. The number of aromatic nitrogens is 1. The number of hydrazone groups is 1. The number of benzene rings is 1. The molecule has 1 atom stereocenters. The number of carbonyl (C=O) groups is 3. The Bertz CT molecular complexity index is 932. The summed E-state index contributed by atoms with van der Waals surface area (Å²) in [4.78, 5) is 42.6. The molecule has 2 aromatic rings. The average molecular weight is 326 g/mol. The summed E-state index contributed by atoms with van der Waals surface area (Å²) in [6, 6.07) is 6.26. The molecule has 4 rings (SSSR count). The van der Waals surface area contributed by atoms with Crippen LogP contribution < -0.4 is 10.7 Å². The molecule has 3 heterocycles. The molecule has 9 nitrogen and oxygen atoms in total. The number of H-pyrrole nitrogens is 1. The van der Waals surface area contributed by atoms with E-state index in [-0.39, 0.29) is 5.84 Å². The van der Waals surface area contributed by atoms with Crippen molar-refractivity contribution in [2.24, 2.45) is 5.10 Å². The summed E-state index contributed by atoms with van der Waals surface area (Å²) >= 11 is 0. The molecule has 0 saturated carbocycles. The zero-order valence-electron chi connectivity index (χ0n) is 13.0. The summed E-state index contributed by atoms with van der Waals surface area (Å²) in [6.45, 7) is 0. The summed E-state index contributed by atoms with van der Waals surface area (Å²) in [5.74, 6) is -0.441. The highest BCUT2D eigenvalue weighted by molar-refractivity contribution is 6.27. The van der Waals surface area contributed by atoms with Crippen LogP contribution in [0.25, 0.3) is 10.9 Å². The van der Waals surface area contributed by atoms with Crippen molar-refractivity contribution in [3.8, 4) is 0 Å². The van der Waals surface area contributed by atoms with Crippen LogP contribution in [0.2, 0.25) is 0 Å². The van der Waals surface area contributed by atoms with Crippen LogP contribution in [-0.2, 0) is 10.3 Å². The first-order valence-electron chi connectivity index (χ1n) is 7.25. The summed E-state index contributed by atoms with van der Waals surface area (Å²) in [5, 5.41) is 7.41. The highest BCUT2D eigenvalue weighted by atomic mass is 16.2. The average Bonchev–Trinajstić information content (AvgIpc) is 3.02. The van der Waals surface area contributed by atoms with Crippen LogP contribution in [-0.4, -0.2) is 52.7 Å². The zero-order valence-corrected chi connectivity index (χ0v) is 13.0. The van der Waals surface area contributed by atoms with E-state index in [1.165, 1.54) is 19.0 Å². The van der Waals surface area contributed by atoms with Crippen LogP contribution in [0.4, 0.5) is 9.59 Å². The fourth-order valence-electron chi connectivity index (χ4n) is 3.26. The number of nitrogens with zero attached hydrogens (tertiary/aromatic N) is 3. The number of carbonyl (C=O) groups excluding carboxylic acids is 3. The summed E-state index contributed by atoms with van der Waals surface area (Å²) in [7, 11) is 2.88. The maximum Gasteiger partial charge on any atom is 0.336 e. The number of amidine groups is 1. The van der Waals surface area contributed by atoms with E-state index in [2.05, 4.69) is 20.8 Å². The molecule has 9 heteroatoms. The van der Waals surface area contributed by atoms with Gasteiger partial charge in [0.15, 0.2) is 5.84 Å². The molecule has 122 valence electrons. The van der Waals surface area contributed by atoms with Crippen LogP contribution in [0.15, 0.2) is 35.6 Å². The lowest BCUT2D eigenvalue weighted by atomic mass is 9.84. The normalized spacial score (nSPS) is 23.8. The Kier molecular flexibility index (Phi) is 2.71. The first-order valence-corrected chi connectivity index (χ1v) is 7.25. The molecule has 3 N–H and O–H groups in total. The molecule has 2 aliphatic heterocycles. The van der Waals surface area contributed by atoms with Gasteiger partial charge in [0.2, 0.25) is 5.54 Å². The van der Waals surface area contributed by atoms with Gasteiger partial charge in [-0.25, -0.2) is 15.0 Å². The number of urea groups is 2. The summed E-state index contributed by atoms with van der Waals surface area (Å²) in [5.41, 5.74) is 2.04. The molecule has 2 aliphatic rings. The number of amides is 5. The van der Waals surface area contributed by atoms with Crippen LogP contribution in [0.3, 0.4) is 0 Å². The Balaban J connectivity index is 2.05. The Labute approximate surface area is 136 Å². The fraction of sp³-hybridized carbons (Fsp3) is 0.200. The van der Waals surface area contributed by atoms with E-state index in [0.29, 0.717) is 5.56 Å². The van der Waals surface area contributed by atoms with Gasteiger partial charge in [0.25, 0.3) is 5.91 Å². The second kappa shape index (κ2) is 4.57. The van der Waals surface area contributed by atoms with Crippen LogP contribution in [0.5, 0.6) is 0 Å². The molecule has 0 bridgehead atoms. The largest absolute Gasteiger partial charge is 0.361 e. The van der Waals surface area contributed by atoms with Crippen LogP contribution in [0, 0.1) is 0 Å². The number of imide groups is 1. The van der Waals surface area contributed by atoms with Crippen molar-refractivity contribution in [3.63, 3.8) is 0 Å². The molecule has 1 aromatic carbocycles. The van der Waals surface area contributed by atoms with Crippen molar-refractivity contribution in [1.82, 2.24) is 25.5 Å². The number of likely N-dealkylation sites (N-methyl/N-ethyl adjacent to an activating group) is 2. The standard InChI is InChI=1S/C15H14N6O3/c1-20-11-15(17-13(23)19-18-11,12(22)21(2)14(20)24)9-7-16-10-6-4-3-5-8(9)10/h3-7,16H,1-2H3,(H2,17,19,23). The first-order chi connectivity index (χ1) is 11.5. The topological polar surface area (TPSA) is 110 Å². The molecule has 24 heavy (non-hydrogen) atoms. The van der Waals surface area contributed by atoms with Crippen molar-refractivity contribution in [2.75, 3.05) is 14.1 Å². The van der Waals surface area contributed by atoms with Crippen molar-refractivity contribution in [2.45, 2.75) is 5.54 Å². The lowest BCUT2D eigenvalue weighted by Crippen LogP contribution is -2.74. The molecule has 1 aromatic heterocycles. The minimum atomic E-state index is -1.57. The van der Waals surface area contributed by atoms with E-state index in [9.17, 15) is 14.4 Å². The Morgan fingerprint density at radius 2 is 1.83 bits per heavy atom. The number of hydrogen-bond donors (Lipinski definition) is 3. The molecule has 1 unspecified atom stereocenters. The third-order valence-electron chi connectivity index (χ3n) is 4.41. The SMILES string of the molecule is CN1C(=O)N(C)C2=NNC(=O)NC2(c2c[nH]c3ccccc23)C1=O. The third-order valence-corrected chi connectivity index (χ3v) is 4.41. The van der Waals surface area contributed by atoms with Gasteiger partial charge in [0, 0.05) is 36.8 Å². The van der Waals surface area contributed by atoms with Gasteiger partial charge in [-0.3, -0.25) is 14.6 Å². The van der Waals surface area contributed by atoms with Gasteiger partial charge < -0.3 is 10.3 Å². The highest BCUT2D eigenvalue weighted by Crippen LogP contribution is 2.36. The number of hydrogen-bond acceptors (Lipinski definition) is 4. The number of rotatable bonds is 1. The van der Waals surface area contributed by atoms with Gasteiger partial charge >= 0.3 is 12.1 Å². The number of fused-ring (bicyclic) bond motifs is 2. The molecule has 0 spiro atoms. The zero-order chi connectivity index (χ0) is 17.1. The minimum absolute atomic E-state index is 0.125. The number of nitrogens with one attached hydrogen (secondary N) is 3. The van der Waals surface area contributed by atoms with Crippen molar-refractivity contribution in [3.05, 3.63) is 36.0 Å².